The molecule has 1 aromatic rings. The van der Waals surface area contributed by atoms with E-state index in [1.54, 1.807) is 6.20 Å². The first-order valence-electron chi connectivity index (χ1n) is 8.47. The lowest BCUT2D eigenvalue weighted by molar-refractivity contribution is -0.154. The standard InChI is InChI=1S/C21H26N2O3/c1-16(24)25-19(12-14-21(5)13-6-7-15-23(21)22)26-18-10-8-17(9-11-18)20(2,3)4/h6-11,13,15,19H,22H2,1-5H3. The summed E-state index contributed by atoms with van der Waals surface area (Å²) < 4.78 is 10.9. The first kappa shape index (κ1) is 19.6. The highest BCUT2D eigenvalue weighted by Crippen LogP contribution is 2.25. The molecule has 5 heteroatoms. The molecule has 0 radical (unpaired) electrons. The van der Waals surface area contributed by atoms with Crippen molar-refractivity contribution in [3.8, 4) is 17.6 Å². The summed E-state index contributed by atoms with van der Waals surface area (Å²) >= 11 is 0. The molecule has 5 nitrogen and oxygen atoms in total. The third-order valence-electron chi connectivity index (χ3n) is 3.99. The van der Waals surface area contributed by atoms with Gasteiger partial charge >= 0.3 is 12.3 Å². The molecule has 0 amide bonds. The first-order valence-corrected chi connectivity index (χ1v) is 8.47. The largest absolute Gasteiger partial charge is 0.444 e. The molecular formula is C21H26N2O3. The van der Waals surface area contributed by atoms with Gasteiger partial charge in [-0.25, -0.2) is 5.84 Å². The van der Waals surface area contributed by atoms with E-state index in [1.165, 1.54) is 17.5 Å². The number of allylic oxidation sites excluding steroid dienone is 2. The molecule has 2 atom stereocenters. The number of hydrazine groups is 1. The Morgan fingerprint density at radius 1 is 1.23 bits per heavy atom. The maximum Gasteiger partial charge on any atom is 0.308 e. The zero-order valence-corrected chi connectivity index (χ0v) is 15.9. The fourth-order valence-electron chi connectivity index (χ4n) is 2.33. The minimum Gasteiger partial charge on any atom is -0.444 e. The Morgan fingerprint density at radius 3 is 2.42 bits per heavy atom. The number of nitrogens with zero attached hydrogens (tertiary/aromatic N) is 1. The van der Waals surface area contributed by atoms with E-state index < -0.39 is 17.8 Å². The third kappa shape index (κ3) is 5.14. The summed E-state index contributed by atoms with van der Waals surface area (Å²) in [5, 5.41) is 1.49. The molecule has 138 valence electrons. The van der Waals surface area contributed by atoms with E-state index in [0.29, 0.717) is 5.75 Å². The van der Waals surface area contributed by atoms with E-state index in [0.717, 1.165) is 0 Å². The molecule has 1 aliphatic heterocycles. The van der Waals surface area contributed by atoms with Crippen LogP contribution >= 0.6 is 0 Å². The number of nitrogens with two attached hydrogens (primary N) is 1. The molecule has 0 spiro atoms. The van der Waals surface area contributed by atoms with Gasteiger partial charge in [0.2, 0.25) is 0 Å². The van der Waals surface area contributed by atoms with E-state index in [1.807, 2.05) is 49.4 Å². The fourth-order valence-corrected chi connectivity index (χ4v) is 2.33. The van der Waals surface area contributed by atoms with Gasteiger partial charge in [-0.2, -0.15) is 0 Å². The van der Waals surface area contributed by atoms with E-state index in [9.17, 15) is 4.79 Å². The molecule has 26 heavy (non-hydrogen) atoms. The average Bonchev–Trinajstić information content (AvgIpc) is 2.55. The summed E-state index contributed by atoms with van der Waals surface area (Å²) in [5.41, 5.74) is 0.533. The molecule has 1 aliphatic rings. The van der Waals surface area contributed by atoms with Gasteiger partial charge < -0.3 is 9.47 Å². The Bertz CT molecular complexity index is 763. The number of carbonyl (C=O) groups is 1. The molecule has 1 aromatic carbocycles. The van der Waals surface area contributed by atoms with E-state index in [-0.39, 0.29) is 5.41 Å². The van der Waals surface area contributed by atoms with Crippen LogP contribution in [-0.4, -0.2) is 22.8 Å². The van der Waals surface area contributed by atoms with Crippen LogP contribution in [0.3, 0.4) is 0 Å². The minimum absolute atomic E-state index is 0.0492. The van der Waals surface area contributed by atoms with Gasteiger partial charge in [0.25, 0.3) is 0 Å². The fraction of sp³-hybridized carbons (Fsp3) is 0.381. The molecule has 2 unspecified atom stereocenters. The van der Waals surface area contributed by atoms with Gasteiger partial charge in [0.15, 0.2) is 0 Å². The lowest BCUT2D eigenvalue weighted by Crippen LogP contribution is -2.46. The van der Waals surface area contributed by atoms with Gasteiger partial charge in [-0.1, -0.05) is 44.9 Å². The molecule has 2 N–H and O–H groups in total. The Hall–Kier alpha value is -2.71. The van der Waals surface area contributed by atoms with Crippen LogP contribution in [0.4, 0.5) is 0 Å². The highest BCUT2D eigenvalue weighted by molar-refractivity contribution is 5.66. The van der Waals surface area contributed by atoms with Gasteiger partial charge in [-0.15, -0.1) is 0 Å². The summed E-state index contributed by atoms with van der Waals surface area (Å²) in [4.78, 5) is 11.4. The number of hydrogen-bond donors (Lipinski definition) is 1. The zero-order chi connectivity index (χ0) is 19.4. The summed E-state index contributed by atoms with van der Waals surface area (Å²) in [6.07, 6.45) is 6.26. The summed E-state index contributed by atoms with van der Waals surface area (Å²) in [5.74, 6) is 11.9. The van der Waals surface area contributed by atoms with Gasteiger partial charge in [0.1, 0.15) is 11.3 Å². The second kappa shape index (κ2) is 7.67. The Labute approximate surface area is 155 Å². The molecule has 0 aliphatic carbocycles. The first-order chi connectivity index (χ1) is 12.1. The molecule has 0 saturated heterocycles. The second-order valence-corrected chi connectivity index (χ2v) is 7.36. The van der Waals surface area contributed by atoms with Gasteiger partial charge in [0.05, 0.1) is 0 Å². The van der Waals surface area contributed by atoms with E-state index in [4.69, 9.17) is 15.3 Å². The van der Waals surface area contributed by atoms with Crippen molar-refractivity contribution in [2.75, 3.05) is 0 Å². The normalized spacial score (nSPS) is 20.2. The molecule has 2 rings (SSSR count). The molecular weight excluding hydrogens is 328 g/mol. The maximum atomic E-state index is 11.4. The number of benzene rings is 1. The monoisotopic (exact) mass is 354 g/mol. The van der Waals surface area contributed by atoms with Crippen LogP contribution in [0.25, 0.3) is 0 Å². The van der Waals surface area contributed by atoms with Gasteiger partial charge in [0, 0.05) is 13.1 Å². The highest BCUT2D eigenvalue weighted by Gasteiger charge is 2.24. The summed E-state index contributed by atoms with van der Waals surface area (Å²) in [6.45, 7) is 9.61. The summed E-state index contributed by atoms with van der Waals surface area (Å²) in [7, 11) is 0. The number of rotatable bonds is 3. The average molecular weight is 354 g/mol. The smallest absolute Gasteiger partial charge is 0.308 e. The molecule has 1 heterocycles. The van der Waals surface area contributed by atoms with E-state index >= 15 is 0 Å². The van der Waals surface area contributed by atoms with Crippen molar-refractivity contribution < 1.29 is 14.3 Å². The van der Waals surface area contributed by atoms with Gasteiger partial charge in [-0.3, -0.25) is 9.80 Å². The number of esters is 1. The van der Waals surface area contributed by atoms with Crippen molar-refractivity contribution in [1.82, 2.24) is 5.01 Å². The van der Waals surface area contributed by atoms with Crippen LogP contribution in [0.1, 0.15) is 40.2 Å². The number of carbonyl (C=O) groups excluding carboxylic acids is 1. The van der Waals surface area contributed by atoms with Crippen LogP contribution in [0, 0.1) is 11.8 Å². The zero-order valence-electron chi connectivity index (χ0n) is 15.9. The second-order valence-electron chi connectivity index (χ2n) is 7.36. The molecule has 0 aromatic heterocycles. The minimum atomic E-state index is -1.02. The number of hydrogen-bond acceptors (Lipinski definition) is 5. The van der Waals surface area contributed by atoms with Crippen molar-refractivity contribution in [2.24, 2.45) is 5.84 Å². The van der Waals surface area contributed by atoms with Crippen molar-refractivity contribution in [2.45, 2.75) is 51.9 Å². The molecule has 0 saturated carbocycles. The Kier molecular flexibility index (Phi) is 5.79. The Morgan fingerprint density at radius 2 is 1.88 bits per heavy atom. The van der Waals surface area contributed by atoms with Crippen molar-refractivity contribution in [3.05, 3.63) is 54.3 Å². The van der Waals surface area contributed by atoms with Crippen molar-refractivity contribution in [3.63, 3.8) is 0 Å². The molecule has 0 bridgehead atoms. The van der Waals surface area contributed by atoms with Crippen LogP contribution in [0.2, 0.25) is 0 Å². The predicted octanol–water partition coefficient (Wildman–Crippen LogP) is 3.27. The van der Waals surface area contributed by atoms with Crippen LogP contribution in [0.15, 0.2) is 48.7 Å². The number of ether oxygens (including phenoxy) is 2. The SMILES string of the molecule is CC(=O)OC(C#CC1(C)C=CC=CN1N)Oc1ccc(C(C)(C)C)cc1. The van der Waals surface area contributed by atoms with Crippen molar-refractivity contribution >= 4 is 5.97 Å². The van der Waals surface area contributed by atoms with Crippen molar-refractivity contribution in [1.29, 1.82) is 0 Å². The molecule has 0 fully saturated rings. The van der Waals surface area contributed by atoms with Crippen LogP contribution < -0.4 is 10.6 Å². The lowest BCUT2D eigenvalue weighted by Gasteiger charge is -2.31. The van der Waals surface area contributed by atoms with Crippen LogP contribution in [-0.2, 0) is 14.9 Å². The third-order valence-corrected chi connectivity index (χ3v) is 3.99. The predicted molar refractivity (Wildman–Crippen MR) is 102 cm³/mol. The highest BCUT2D eigenvalue weighted by atomic mass is 16.7. The summed E-state index contributed by atoms with van der Waals surface area (Å²) in [6, 6.07) is 7.67. The van der Waals surface area contributed by atoms with Crippen LogP contribution in [0.5, 0.6) is 5.75 Å². The van der Waals surface area contributed by atoms with Gasteiger partial charge in [-0.05, 0) is 48.1 Å². The lowest BCUT2D eigenvalue weighted by atomic mass is 9.87. The quantitative estimate of drug-likeness (QED) is 0.391. The Balaban J connectivity index is 2.18. The maximum absolute atomic E-state index is 11.4. The topological polar surface area (TPSA) is 64.8 Å². The van der Waals surface area contributed by atoms with E-state index in [2.05, 4.69) is 32.6 Å².